The third-order valence-electron chi connectivity index (χ3n) is 1.65. The molecule has 0 aliphatic heterocycles. The average molecular weight is 269 g/mol. The largest absolute Gasteiger partial charge is 0.415 e. The van der Waals surface area contributed by atoms with E-state index in [-0.39, 0.29) is 6.54 Å². The van der Waals surface area contributed by atoms with Crippen molar-refractivity contribution in [1.82, 2.24) is 4.90 Å². The molecule has 0 aliphatic rings. The van der Waals surface area contributed by atoms with E-state index in [2.05, 4.69) is 15.9 Å². The first-order chi connectivity index (χ1) is 7.15. The lowest BCUT2D eigenvalue weighted by molar-refractivity contribution is 0.167. The molecule has 1 aromatic rings. The standard InChI is InChI=1S/C10H9BrN2O2/c1-13(7-6-12)10(14)15-9-5-3-2-4-8(9)11/h2-5H,7H2,1H3. The van der Waals surface area contributed by atoms with Crippen LogP contribution < -0.4 is 4.74 Å². The number of carbonyl (C=O) groups is 1. The molecule has 0 N–H and O–H groups in total. The highest BCUT2D eigenvalue weighted by atomic mass is 79.9. The minimum Gasteiger partial charge on any atom is -0.409 e. The summed E-state index contributed by atoms with van der Waals surface area (Å²) in [6.07, 6.45) is -0.552. The minimum atomic E-state index is -0.552. The molecular weight excluding hydrogens is 260 g/mol. The lowest BCUT2D eigenvalue weighted by Gasteiger charge is -2.13. The topological polar surface area (TPSA) is 53.3 Å². The Morgan fingerprint density at radius 3 is 2.87 bits per heavy atom. The number of amides is 1. The van der Waals surface area contributed by atoms with Gasteiger partial charge in [-0.3, -0.25) is 4.90 Å². The number of nitriles is 1. The summed E-state index contributed by atoms with van der Waals surface area (Å²) in [7, 11) is 1.50. The molecule has 0 saturated carbocycles. The van der Waals surface area contributed by atoms with Gasteiger partial charge in [0.25, 0.3) is 0 Å². The maximum atomic E-state index is 11.4. The van der Waals surface area contributed by atoms with Crippen LogP contribution in [-0.4, -0.2) is 24.6 Å². The zero-order valence-corrected chi connectivity index (χ0v) is 9.69. The molecule has 0 spiro atoms. The number of hydrogen-bond acceptors (Lipinski definition) is 3. The van der Waals surface area contributed by atoms with Crippen LogP contribution in [-0.2, 0) is 0 Å². The number of nitrogens with zero attached hydrogens (tertiary/aromatic N) is 2. The molecule has 0 aliphatic carbocycles. The Morgan fingerprint density at radius 1 is 1.60 bits per heavy atom. The smallest absolute Gasteiger partial charge is 0.409 e. The summed E-state index contributed by atoms with van der Waals surface area (Å²) >= 11 is 3.25. The van der Waals surface area contributed by atoms with E-state index in [9.17, 15) is 4.79 Å². The first-order valence-corrected chi connectivity index (χ1v) is 4.99. The molecule has 0 saturated heterocycles. The molecule has 0 heterocycles. The predicted octanol–water partition coefficient (Wildman–Crippen LogP) is 2.40. The highest BCUT2D eigenvalue weighted by Gasteiger charge is 2.11. The van der Waals surface area contributed by atoms with Crippen LogP contribution in [0.15, 0.2) is 28.7 Å². The Labute approximate surface area is 96.2 Å². The maximum Gasteiger partial charge on any atom is 0.415 e. The summed E-state index contributed by atoms with van der Waals surface area (Å²) in [5.74, 6) is 0.437. The van der Waals surface area contributed by atoms with Crippen LogP contribution >= 0.6 is 15.9 Å². The fourth-order valence-corrected chi connectivity index (χ4v) is 1.24. The van der Waals surface area contributed by atoms with Crippen LogP contribution in [0.25, 0.3) is 0 Å². The van der Waals surface area contributed by atoms with Crippen molar-refractivity contribution < 1.29 is 9.53 Å². The molecule has 4 nitrogen and oxygen atoms in total. The second kappa shape index (κ2) is 5.37. The van der Waals surface area contributed by atoms with Gasteiger partial charge in [0.2, 0.25) is 0 Å². The van der Waals surface area contributed by atoms with E-state index >= 15 is 0 Å². The van der Waals surface area contributed by atoms with Crippen molar-refractivity contribution in [1.29, 1.82) is 5.26 Å². The summed E-state index contributed by atoms with van der Waals surface area (Å²) in [5, 5.41) is 8.40. The molecule has 0 fully saturated rings. The quantitative estimate of drug-likeness (QED) is 0.774. The van der Waals surface area contributed by atoms with Crippen molar-refractivity contribution >= 4 is 22.0 Å². The first kappa shape index (κ1) is 11.5. The number of halogens is 1. The molecule has 0 bridgehead atoms. The van der Waals surface area contributed by atoms with Crippen LogP contribution in [0.2, 0.25) is 0 Å². The van der Waals surface area contributed by atoms with Gasteiger partial charge in [-0.15, -0.1) is 0 Å². The number of carbonyl (C=O) groups excluding carboxylic acids is 1. The second-order valence-electron chi connectivity index (χ2n) is 2.81. The molecule has 1 aromatic carbocycles. The molecule has 0 unspecified atom stereocenters. The van der Waals surface area contributed by atoms with E-state index in [0.29, 0.717) is 10.2 Å². The van der Waals surface area contributed by atoms with Gasteiger partial charge in [0, 0.05) is 7.05 Å². The monoisotopic (exact) mass is 268 g/mol. The Balaban J connectivity index is 2.67. The fraction of sp³-hybridized carbons (Fsp3) is 0.200. The number of rotatable bonds is 2. The van der Waals surface area contributed by atoms with Crippen LogP contribution in [0, 0.1) is 11.3 Å². The van der Waals surface area contributed by atoms with Crippen molar-refractivity contribution in [3.8, 4) is 11.8 Å². The molecule has 0 atom stereocenters. The number of para-hydroxylation sites is 1. The minimum absolute atomic E-state index is 0.00326. The summed E-state index contributed by atoms with van der Waals surface area (Å²) in [6, 6.07) is 8.88. The zero-order valence-electron chi connectivity index (χ0n) is 8.11. The highest BCUT2D eigenvalue weighted by Crippen LogP contribution is 2.24. The maximum absolute atomic E-state index is 11.4. The highest BCUT2D eigenvalue weighted by molar-refractivity contribution is 9.10. The van der Waals surface area contributed by atoms with Crippen molar-refractivity contribution in [3.05, 3.63) is 28.7 Å². The Morgan fingerprint density at radius 2 is 2.27 bits per heavy atom. The number of hydrogen-bond donors (Lipinski definition) is 0. The van der Waals surface area contributed by atoms with Gasteiger partial charge >= 0.3 is 6.09 Å². The molecule has 15 heavy (non-hydrogen) atoms. The van der Waals surface area contributed by atoms with Crippen LogP contribution in [0.1, 0.15) is 0 Å². The van der Waals surface area contributed by atoms with E-state index in [4.69, 9.17) is 10.00 Å². The Hall–Kier alpha value is -1.54. The zero-order chi connectivity index (χ0) is 11.3. The van der Waals surface area contributed by atoms with E-state index in [0.717, 1.165) is 0 Å². The summed E-state index contributed by atoms with van der Waals surface area (Å²) < 4.78 is 5.75. The van der Waals surface area contributed by atoms with E-state index in [1.54, 1.807) is 18.2 Å². The first-order valence-electron chi connectivity index (χ1n) is 4.19. The number of benzene rings is 1. The van der Waals surface area contributed by atoms with Crippen molar-refractivity contribution in [2.45, 2.75) is 0 Å². The van der Waals surface area contributed by atoms with Crippen molar-refractivity contribution in [2.75, 3.05) is 13.6 Å². The molecule has 78 valence electrons. The SMILES string of the molecule is CN(CC#N)C(=O)Oc1ccccc1Br. The average Bonchev–Trinajstić information content (AvgIpc) is 2.21. The van der Waals surface area contributed by atoms with Crippen molar-refractivity contribution in [2.24, 2.45) is 0 Å². The lowest BCUT2D eigenvalue weighted by atomic mass is 10.3. The van der Waals surface area contributed by atoms with Gasteiger partial charge in [0.1, 0.15) is 12.3 Å². The molecule has 1 rings (SSSR count). The molecule has 5 heteroatoms. The Bertz CT molecular complexity index is 401. The summed E-state index contributed by atoms with van der Waals surface area (Å²) in [4.78, 5) is 12.6. The van der Waals surface area contributed by atoms with Crippen LogP contribution in [0.3, 0.4) is 0 Å². The number of ether oxygens (including phenoxy) is 1. The lowest BCUT2D eigenvalue weighted by Crippen LogP contribution is -2.29. The normalized spacial score (nSPS) is 9.13. The molecule has 0 radical (unpaired) electrons. The second-order valence-corrected chi connectivity index (χ2v) is 3.67. The molecular formula is C10H9BrN2O2. The Kier molecular flexibility index (Phi) is 4.13. The molecule has 0 aromatic heterocycles. The van der Waals surface area contributed by atoms with Gasteiger partial charge in [-0.05, 0) is 28.1 Å². The summed E-state index contributed by atoms with van der Waals surface area (Å²) in [6.45, 7) is 0.00326. The van der Waals surface area contributed by atoms with Gasteiger partial charge in [-0.25, -0.2) is 4.79 Å². The predicted molar refractivity (Wildman–Crippen MR) is 58.4 cm³/mol. The van der Waals surface area contributed by atoms with Gasteiger partial charge < -0.3 is 4.74 Å². The van der Waals surface area contributed by atoms with E-state index in [1.807, 2.05) is 12.1 Å². The third kappa shape index (κ3) is 3.26. The fourth-order valence-electron chi connectivity index (χ4n) is 0.870. The van der Waals surface area contributed by atoms with Crippen LogP contribution in [0.5, 0.6) is 5.75 Å². The van der Waals surface area contributed by atoms with Gasteiger partial charge in [-0.2, -0.15) is 5.26 Å². The van der Waals surface area contributed by atoms with Crippen LogP contribution in [0.4, 0.5) is 4.79 Å². The summed E-state index contributed by atoms with van der Waals surface area (Å²) in [5.41, 5.74) is 0. The van der Waals surface area contributed by atoms with Gasteiger partial charge in [0.05, 0.1) is 10.5 Å². The molecule has 1 amide bonds. The van der Waals surface area contributed by atoms with Crippen molar-refractivity contribution in [3.63, 3.8) is 0 Å². The van der Waals surface area contributed by atoms with Gasteiger partial charge in [-0.1, -0.05) is 12.1 Å². The van der Waals surface area contributed by atoms with E-state index in [1.165, 1.54) is 11.9 Å². The van der Waals surface area contributed by atoms with Gasteiger partial charge in [0.15, 0.2) is 0 Å². The van der Waals surface area contributed by atoms with E-state index < -0.39 is 6.09 Å². The third-order valence-corrected chi connectivity index (χ3v) is 2.31.